The Labute approximate surface area is 148 Å². The summed E-state index contributed by atoms with van der Waals surface area (Å²) in [5, 5.41) is 21.9. The Bertz CT molecular complexity index is 510. The zero-order valence-electron chi connectivity index (χ0n) is 14.9. The molecule has 0 rings (SSSR count). The molecule has 0 N–H and O–H groups in total. The highest BCUT2D eigenvalue weighted by molar-refractivity contribution is 5.48. The highest BCUT2D eigenvalue weighted by atomic mass is 16.6. The van der Waals surface area contributed by atoms with E-state index in [1.54, 1.807) is 18.2 Å². The second kappa shape index (κ2) is 15.2. The summed E-state index contributed by atoms with van der Waals surface area (Å²) in [4.78, 5) is 31.3. The van der Waals surface area contributed by atoms with E-state index in [0.29, 0.717) is 38.5 Å². The number of unbranched alkanes of at least 4 members (excludes halogenated alkanes) is 5. The lowest BCUT2D eigenvalue weighted by Crippen LogP contribution is -1.99. The average molecular weight is 352 g/mol. The molecule has 0 unspecified atom stereocenters. The number of carbonyl (C=O) groups is 1. The van der Waals surface area contributed by atoms with E-state index in [1.807, 2.05) is 0 Å². The molecule has 140 valence electrons. The van der Waals surface area contributed by atoms with Crippen LogP contribution in [0.3, 0.4) is 0 Å². The van der Waals surface area contributed by atoms with Crippen molar-refractivity contribution in [2.24, 2.45) is 0 Å². The molecule has 0 aliphatic heterocycles. The Balaban J connectivity index is 4.41. The van der Waals surface area contributed by atoms with Gasteiger partial charge in [0, 0.05) is 12.8 Å². The van der Waals surface area contributed by atoms with Crippen LogP contribution in [0.25, 0.3) is 0 Å². The van der Waals surface area contributed by atoms with Gasteiger partial charge in [-0.15, -0.1) is 0 Å². The second-order valence-electron chi connectivity index (χ2n) is 5.72. The van der Waals surface area contributed by atoms with Crippen LogP contribution in [0.1, 0.15) is 71.1 Å². The molecule has 0 saturated heterocycles. The summed E-state index contributed by atoms with van der Waals surface area (Å²) in [7, 11) is 0. The Morgan fingerprint density at radius 1 is 0.880 bits per heavy atom. The number of nitrogens with zero attached hydrogens (tertiary/aromatic N) is 2. The molecule has 0 aliphatic carbocycles. The molecule has 0 bridgehead atoms. The first kappa shape index (κ1) is 22.7. The Morgan fingerprint density at radius 2 is 1.56 bits per heavy atom. The fourth-order valence-electron chi connectivity index (χ4n) is 2.20. The minimum atomic E-state index is -0.412. The summed E-state index contributed by atoms with van der Waals surface area (Å²) in [6, 6.07) is 0. The first-order chi connectivity index (χ1) is 12.0. The van der Waals surface area contributed by atoms with E-state index in [1.165, 1.54) is 6.08 Å². The van der Waals surface area contributed by atoms with Gasteiger partial charge in [-0.1, -0.05) is 31.9 Å². The van der Waals surface area contributed by atoms with E-state index in [4.69, 9.17) is 0 Å². The van der Waals surface area contributed by atoms with Crippen LogP contribution in [-0.2, 0) is 4.79 Å². The van der Waals surface area contributed by atoms with Crippen LogP contribution in [0.5, 0.6) is 0 Å². The number of aldehydes is 1. The molecule has 0 radical (unpaired) electrons. The molecule has 0 amide bonds. The number of hydrogen-bond donors (Lipinski definition) is 0. The van der Waals surface area contributed by atoms with Gasteiger partial charge in [0.25, 0.3) is 0 Å². The van der Waals surface area contributed by atoms with Crippen molar-refractivity contribution in [1.29, 1.82) is 0 Å². The van der Waals surface area contributed by atoms with Crippen molar-refractivity contribution < 1.29 is 14.6 Å². The van der Waals surface area contributed by atoms with Gasteiger partial charge in [0.15, 0.2) is 0 Å². The van der Waals surface area contributed by atoms with Crippen LogP contribution >= 0.6 is 0 Å². The maximum Gasteiger partial charge on any atom is 0.246 e. The number of rotatable bonds is 15. The molecule has 0 aromatic carbocycles. The molecule has 0 spiro atoms. The van der Waals surface area contributed by atoms with Crippen LogP contribution in [0.15, 0.2) is 35.7 Å². The van der Waals surface area contributed by atoms with E-state index in [0.717, 1.165) is 25.5 Å². The monoisotopic (exact) mass is 352 g/mol. The lowest BCUT2D eigenvalue weighted by Gasteiger charge is -1.97. The van der Waals surface area contributed by atoms with Crippen molar-refractivity contribution in [3.05, 3.63) is 55.9 Å². The summed E-state index contributed by atoms with van der Waals surface area (Å²) in [6.45, 7) is 2.08. The zero-order valence-corrected chi connectivity index (χ0v) is 14.9. The molecule has 0 aromatic heterocycles. The highest BCUT2D eigenvalue weighted by Gasteiger charge is 2.09. The van der Waals surface area contributed by atoms with Crippen LogP contribution in [-0.4, -0.2) is 16.1 Å². The molecular weight excluding hydrogens is 324 g/mol. The van der Waals surface area contributed by atoms with Crippen molar-refractivity contribution in [3.63, 3.8) is 0 Å². The molecular formula is C18H28N2O5. The third kappa shape index (κ3) is 12.7. The maximum absolute atomic E-state index is 11.0. The molecule has 7 heteroatoms. The molecule has 7 nitrogen and oxygen atoms in total. The summed E-state index contributed by atoms with van der Waals surface area (Å²) in [5.74, 6) is 0. The van der Waals surface area contributed by atoms with Crippen LogP contribution < -0.4 is 0 Å². The van der Waals surface area contributed by atoms with Gasteiger partial charge in [0.2, 0.25) is 11.4 Å². The minimum Gasteiger partial charge on any atom is -0.303 e. The molecule has 0 saturated carbocycles. The van der Waals surface area contributed by atoms with Crippen molar-refractivity contribution in [3.8, 4) is 0 Å². The topological polar surface area (TPSA) is 103 Å². The van der Waals surface area contributed by atoms with Crippen LogP contribution in [0, 0.1) is 20.2 Å². The van der Waals surface area contributed by atoms with Gasteiger partial charge in [0.1, 0.15) is 6.29 Å². The standard InChI is InChI=1S/C18H28N2O5/c1-2-3-4-7-12-17(19(22)23)13-8-5-9-14-18(20(24)25)15-10-6-11-16-21/h5,8,12,14,16H,2-4,6-7,9-11,13,15H2,1H3/b8-5-,17-12+,18-14+. The Hall–Kier alpha value is -2.31. The largest absolute Gasteiger partial charge is 0.303 e. The van der Waals surface area contributed by atoms with E-state index in [9.17, 15) is 25.0 Å². The lowest BCUT2D eigenvalue weighted by molar-refractivity contribution is -0.428. The van der Waals surface area contributed by atoms with Gasteiger partial charge in [-0.2, -0.15) is 0 Å². The third-order valence-electron chi connectivity index (χ3n) is 3.64. The van der Waals surface area contributed by atoms with Gasteiger partial charge in [-0.25, -0.2) is 0 Å². The smallest absolute Gasteiger partial charge is 0.246 e. The fourth-order valence-corrected chi connectivity index (χ4v) is 2.20. The highest BCUT2D eigenvalue weighted by Crippen LogP contribution is 2.12. The van der Waals surface area contributed by atoms with Gasteiger partial charge >= 0.3 is 0 Å². The van der Waals surface area contributed by atoms with Crippen LogP contribution in [0.2, 0.25) is 0 Å². The average Bonchev–Trinajstić information content (AvgIpc) is 2.57. The number of allylic oxidation sites excluding steroid dienone is 5. The van der Waals surface area contributed by atoms with Crippen molar-refractivity contribution in [2.75, 3.05) is 0 Å². The molecule has 0 aromatic rings. The third-order valence-corrected chi connectivity index (χ3v) is 3.64. The van der Waals surface area contributed by atoms with Crippen molar-refractivity contribution in [2.45, 2.75) is 71.1 Å². The van der Waals surface area contributed by atoms with E-state index < -0.39 is 4.92 Å². The summed E-state index contributed by atoms with van der Waals surface area (Å²) in [6.07, 6.45) is 13.7. The summed E-state index contributed by atoms with van der Waals surface area (Å²) in [5.41, 5.74) is 0.292. The van der Waals surface area contributed by atoms with Gasteiger partial charge in [-0.3, -0.25) is 20.2 Å². The second-order valence-corrected chi connectivity index (χ2v) is 5.72. The van der Waals surface area contributed by atoms with E-state index in [-0.39, 0.29) is 22.7 Å². The lowest BCUT2D eigenvalue weighted by atomic mass is 10.1. The Kier molecular flexibility index (Phi) is 13.8. The maximum atomic E-state index is 11.0. The van der Waals surface area contributed by atoms with Gasteiger partial charge in [0.05, 0.1) is 16.3 Å². The molecule has 0 atom stereocenters. The first-order valence-electron chi connectivity index (χ1n) is 8.78. The van der Waals surface area contributed by atoms with E-state index in [2.05, 4.69) is 6.92 Å². The molecule has 0 heterocycles. The van der Waals surface area contributed by atoms with Crippen molar-refractivity contribution in [1.82, 2.24) is 0 Å². The van der Waals surface area contributed by atoms with Crippen LogP contribution in [0.4, 0.5) is 0 Å². The zero-order chi connectivity index (χ0) is 18.9. The predicted octanol–water partition coefficient (Wildman–Crippen LogP) is 4.98. The molecule has 25 heavy (non-hydrogen) atoms. The van der Waals surface area contributed by atoms with Gasteiger partial charge < -0.3 is 4.79 Å². The first-order valence-corrected chi connectivity index (χ1v) is 8.78. The number of hydrogen-bond acceptors (Lipinski definition) is 5. The quantitative estimate of drug-likeness (QED) is 0.136. The predicted molar refractivity (Wildman–Crippen MR) is 97.2 cm³/mol. The van der Waals surface area contributed by atoms with Crippen molar-refractivity contribution >= 4 is 6.29 Å². The SMILES string of the molecule is CCCCC/C=C(\C/C=C\C/C=C(\CCCCC=O)[N+](=O)[O-])[N+](=O)[O-]. The normalized spacial score (nSPS) is 12.5. The summed E-state index contributed by atoms with van der Waals surface area (Å²) < 4.78 is 0. The van der Waals surface area contributed by atoms with Gasteiger partial charge in [-0.05, 0) is 44.3 Å². The summed E-state index contributed by atoms with van der Waals surface area (Å²) >= 11 is 0. The van der Waals surface area contributed by atoms with E-state index >= 15 is 0 Å². The Morgan fingerprint density at radius 3 is 2.16 bits per heavy atom. The molecule has 0 aliphatic rings. The fraction of sp³-hybridized carbons (Fsp3) is 0.611. The molecule has 0 fully saturated rings. The number of carbonyl (C=O) groups excluding carboxylic acids is 1. The minimum absolute atomic E-state index is 0.125. The number of nitro groups is 2.